The summed E-state index contributed by atoms with van der Waals surface area (Å²) in [5.74, 6) is -1.85. The van der Waals surface area contributed by atoms with Gasteiger partial charge in [-0.05, 0) is 31.9 Å². The molecule has 1 aromatic carbocycles. The van der Waals surface area contributed by atoms with Gasteiger partial charge in [-0.1, -0.05) is 41.4 Å². The number of allylic oxidation sites excluding steroid dienone is 2. The Morgan fingerprint density at radius 1 is 1.13 bits per heavy atom. The predicted molar refractivity (Wildman–Crippen MR) is 117 cm³/mol. The second-order valence-corrected chi connectivity index (χ2v) is 8.56. The van der Waals surface area contributed by atoms with E-state index in [1.165, 1.54) is 16.8 Å². The third-order valence-electron chi connectivity index (χ3n) is 5.95. The van der Waals surface area contributed by atoms with E-state index in [-0.39, 0.29) is 55.0 Å². The van der Waals surface area contributed by atoms with Crippen molar-refractivity contribution in [3.05, 3.63) is 46.0 Å². The molecule has 3 atom stereocenters. The lowest BCUT2D eigenvalue weighted by Gasteiger charge is -2.29. The highest BCUT2D eigenvalue weighted by Gasteiger charge is 2.47. The highest BCUT2D eigenvalue weighted by atomic mass is 35.5. The average molecular weight is 466 g/mol. The Hall–Kier alpha value is -2.38. The number of halogens is 2. The summed E-state index contributed by atoms with van der Waals surface area (Å²) >= 11 is 12.5. The molecule has 1 saturated heterocycles. The smallest absolute Gasteiger partial charge is 0.242 e. The van der Waals surface area contributed by atoms with Gasteiger partial charge in [0.05, 0.1) is 11.8 Å². The van der Waals surface area contributed by atoms with Crippen LogP contribution in [0.2, 0.25) is 10.0 Å². The van der Waals surface area contributed by atoms with Gasteiger partial charge in [0.15, 0.2) is 0 Å². The van der Waals surface area contributed by atoms with Crippen molar-refractivity contribution < 1.29 is 19.2 Å². The Kier molecular flexibility index (Phi) is 7.38. The second-order valence-electron chi connectivity index (χ2n) is 7.75. The maximum Gasteiger partial charge on any atom is 0.242 e. The lowest BCUT2D eigenvalue weighted by atomic mass is 9.85. The third-order valence-corrected chi connectivity index (χ3v) is 6.66. The molecule has 0 saturated carbocycles. The quantitative estimate of drug-likeness (QED) is 0.495. The van der Waals surface area contributed by atoms with Crippen LogP contribution in [0.4, 0.5) is 0 Å². The summed E-state index contributed by atoms with van der Waals surface area (Å²) in [6, 6.07) is 4.23. The van der Waals surface area contributed by atoms with E-state index >= 15 is 0 Å². The molecule has 0 bridgehead atoms. The molecular weight excluding hydrogens is 441 g/mol. The lowest BCUT2D eigenvalue weighted by Crippen LogP contribution is -2.47. The molecule has 166 valence electrons. The van der Waals surface area contributed by atoms with Gasteiger partial charge in [-0.25, -0.2) is 0 Å². The highest BCUT2D eigenvalue weighted by Crippen LogP contribution is 2.35. The molecule has 1 N–H and O–H groups in total. The van der Waals surface area contributed by atoms with Crippen LogP contribution >= 0.6 is 23.2 Å². The Morgan fingerprint density at radius 2 is 1.68 bits per heavy atom. The van der Waals surface area contributed by atoms with E-state index in [2.05, 4.69) is 5.32 Å². The highest BCUT2D eigenvalue weighted by molar-refractivity contribution is 6.36. The number of rotatable bonds is 7. The van der Waals surface area contributed by atoms with Crippen molar-refractivity contribution in [3.63, 3.8) is 0 Å². The summed E-state index contributed by atoms with van der Waals surface area (Å²) < 4.78 is 0. The predicted octanol–water partition coefficient (Wildman–Crippen LogP) is 2.80. The fourth-order valence-electron chi connectivity index (χ4n) is 4.09. The average Bonchev–Trinajstić information content (AvgIpc) is 3.01. The minimum absolute atomic E-state index is 0.0171. The van der Waals surface area contributed by atoms with Crippen LogP contribution in [0.5, 0.6) is 0 Å². The zero-order valence-corrected chi connectivity index (χ0v) is 18.9. The molecule has 0 unspecified atom stereocenters. The van der Waals surface area contributed by atoms with E-state index in [1.54, 1.807) is 25.1 Å². The van der Waals surface area contributed by atoms with Crippen LogP contribution in [0.3, 0.4) is 0 Å². The van der Waals surface area contributed by atoms with E-state index in [0.717, 1.165) is 0 Å². The number of hydrogen-bond acceptors (Lipinski definition) is 4. The molecule has 31 heavy (non-hydrogen) atoms. The van der Waals surface area contributed by atoms with Gasteiger partial charge in [0.25, 0.3) is 0 Å². The van der Waals surface area contributed by atoms with Crippen molar-refractivity contribution in [3.8, 4) is 0 Å². The SMILES string of the molecule is CNC(=O)[C@@H](C)N(Cc1c(Cl)cccc1Cl)C(=O)CCN1C(=O)[C@H]2CC=CC[C@H]2C1=O. The van der Waals surface area contributed by atoms with Gasteiger partial charge in [-0.2, -0.15) is 0 Å². The second kappa shape index (κ2) is 9.83. The summed E-state index contributed by atoms with van der Waals surface area (Å²) in [6.45, 7) is 1.62. The molecular formula is C22H25Cl2N3O4. The monoisotopic (exact) mass is 465 g/mol. The Bertz CT molecular complexity index is 887. The summed E-state index contributed by atoms with van der Waals surface area (Å²) in [7, 11) is 1.49. The van der Waals surface area contributed by atoms with Crippen molar-refractivity contribution in [1.82, 2.24) is 15.1 Å². The third kappa shape index (κ3) is 4.77. The Labute approximate surface area is 191 Å². The molecule has 0 radical (unpaired) electrons. The van der Waals surface area contributed by atoms with Gasteiger partial charge in [0.1, 0.15) is 6.04 Å². The maximum atomic E-state index is 13.1. The van der Waals surface area contributed by atoms with E-state index in [1.807, 2.05) is 12.2 Å². The number of hydrogen-bond donors (Lipinski definition) is 1. The van der Waals surface area contributed by atoms with E-state index < -0.39 is 6.04 Å². The molecule has 1 aliphatic carbocycles. The molecule has 0 aromatic heterocycles. The first-order chi connectivity index (χ1) is 14.8. The molecule has 1 fully saturated rings. The number of nitrogens with one attached hydrogen (secondary N) is 1. The number of likely N-dealkylation sites (N-methyl/N-ethyl adjacent to an activating group) is 1. The molecule has 4 amide bonds. The summed E-state index contributed by atoms with van der Waals surface area (Å²) in [6.07, 6.45) is 4.84. The van der Waals surface area contributed by atoms with Crippen molar-refractivity contribution in [1.29, 1.82) is 0 Å². The minimum Gasteiger partial charge on any atom is -0.357 e. The van der Waals surface area contributed by atoms with Crippen LogP contribution in [0, 0.1) is 11.8 Å². The number of benzene rings is 1. The first-order valence-corrected chi connectivity index (χ1v) is 11.0. The summed E-state index contributed by atoms with van der Waals surface area (Å²) in [5.41, 5.74) is 0.528. The number of carbonyl (C=O) groups excluding carboxylic acids is 4. The van der Waals surface area contributed by atoms with Crippen molar-refractivity contribution >= 4 is 46.8 Å². The van der Waals surface area contributed by atoms with Crippen molar-refractivity contribution in [2.24, 2.45) is 11.8 Å². The van der Waals surface area contributed by atoms with Crippen molar-refractivity contribution in [2.45, 2.75) is 38.8 Å². The number of nitrogens with zero attached hydrogens (tertiary/aromatic N) is 2. The summed E-state index contributed by atoms with van der Waals surface area (Å²) in [5, 5.41) is 3.31. The first kappa shape index (κ1) is 23.3. The molecule has 9 heteroatoms. The van der Waals surface area contributed by atoms with Gasteiger partial charge < -0.3 is 10.2 Å². The molecule has 7 nitrogen and oxygen atoms in total. The Balaban J connectivity index is 1.75. The number of likely N-dealkylation sites (tertiary alicyclic amines) is 1. The molecule has 3 rings (SSSR count). The molecule has 1 aromatic rings. The molecule has 1 aliphatic heterocycles. The Morgan fingerprint density at radius 3 is 2.19 bits per heavy atom. The number of imide groups is 1. The number of fused-ring (bicyclic) bond motifs is 1. The van der Waals surface area contributed by atoms with Gasteiger partial charge in [0.2, 0.25) is 23.6 Å². The first-order valence-electron chi connectivity index (χ1n) is 10.2. The van der Waals surface area contributed by atoms with E-state index in [0.29, 0.717) is 28.5 Å². The van der Waals surface area contributed by atoms with E-state index in [9.17, 15) is 19.2 Å². The van der Waals surface area contributed by atoms with E-state index in [4.69, 9.17) is 23.2 Å². The van der Waals surface area contributed by atoms with Crippen LogP contribution < -0.4 is 5.32 Å². The maximum absolute atomic E-state index is 13.1. The summed E-state index contributed by atoms with van der Waals surface area (Å²) in [4.78, 5) is 53.2. The topological polar surface area (TPSA) is 86.8 Å². The van der Waals surface area contributed by atoms with Crippen LogP contribution in [-0.2, 0) is 25.7 Å². The minimum atomic E-state index is -0.790. The zero-order chi connectivity index (χ0) is 22.7. The molecule has 0 spiro atoms. The van der Waals surface area contributed by atoms with Crippen molar-refractivity contribution in [2.75, 3.05) is 13.6 Å². The molecule has 1 heterocycles. The standard InChI is InChI=1S/C22H25Cl2N3O4/c1-13(20(29)25-2)27(12-16-17(23)8-5-9-18(16)24)19(28)10-11-26-21(30)14-6-3-4-7-15(14)22(26)31/h3-5,8-9,13-15H,6-7,10-12H2,1-2H3,(H,25,29)/t13-,14-,15+/m1/s1. The number of carbonyl (C=O) groups is 4. The molecule has 2 aliphatic rings. The lowest BCUT2D eigenvalue weighted by molar-refractivity contribution is -0.143. The fourth-order valence-corrected chi connectivity index (χ4v) is 4.60. The van der Waals surface area contributed by atoms with Crippen LogP contribution in [0.25, 0.3) is 0 Å². The van der Waals surface area contributed by atoms with Crippen LogP contribution in [-0.4, -0.2) is 53.1 Å². The van der Waals surface area contributed by atoms with Crippen LogP contribution in [0.15, 0.2) is 30.4 Å². The van der Waals surface area contributed by atoms with Gasteiger partial charge in [-0.15, -0.1) is 0 Å². The van der Waals surface area contributed by atoms with Gasteiger partial charge in [0, 0.05) is 42.2 Å². The zero-order valence-electron chi connectivity index (χ0n) is 17.4. The number of amides is 4. The fraction of sp³-hybridized carbons (Fsp3) is 0.455. The van der Waals surface area contributed by atoms with Gasteiger partial charge in [-0.3, -0.25) is 24.1 Å². The van der Waals surface area contributed by atoms with Crippen LogP contribution in [0.1, 0.15) is 31.7 Å². The van der Waals surface area contributed by atoms with Gasteiger partial charge >= 0.3 is 0 Å². The normalized spacial score (nSPS) is 21.1. The largest absolute Gasteiger partial charge is 0.357 e.